The number of carbonyl (C=O) groups is 2. The average Bonchev–Trinajstić information content (AvgIpc) is 2.61. The van der Waals surface area contributed by atoms with Crippen LogP contribution >= 0.6 is 0 Å². The Morgan fingerprint density at radius 1 is 1.23 bits per heavy atom. The summed E-state index contributed by atoms with van der Waals surface area (Å²) < 4.78 is 0. The lowest BCUT2D eigenvalue weighted by atomic mass is 10.1. The summed E-state index contributed by atoms with van der Waals surface area (Å²) in [6.07, 6.45) is 0.101. The normalized spacial score (nSPS) is 10.1. The van der Waals surface area contributed by atoms with Gasteiger partial charge in [-0.3, -0.25) is 19.7 Å². The van der Waals surface area contributed by atoms with Crippen molar-refractivity contribution in [3.63, 3.8) is 0 Å². The van der Waals surface area contributed by atoms with Gasteiger partial charge in [0.15, 0.2) is 0 Å². The zero-order valence-electron chi connectivity index (χ0n) is 14.4. The van der Waals surface area contributed by atoms with Crippen LogP contribution < -0.4 is 16.0 Å². The highest BCUT2D eigenvalue weighted by Crippen LogP contribution is 2.25. The summed E-state index contributed by atoms with van der Waals surface area (Å²) in [6, 6.07) is 9.40. The van der Waals surface area contributed by atoms with E-state index < -0.39 is 10.8 Å². The topological polar surface area (TPSA) is 126 Å². The Morgan fingerprint density at radius 2 is 2.00 bits per heavy atom. The summed E-state index contributed by atoms with van der Waals surface area (Å²) in [5.41, 5.74) is 0.983. The Morgan fingerprint density at radius 3 is 2.65 bits per heavy atom. The Hall–Kier alpha value is -3.49. The number of benzene rings is 1. The van der Waals surface area contributed by atoms with Crippen molar-refractivity contribution in [2.24, 2.45) is 0 Å². The molecule has 1 aromatic carbocycles. The molecular formula is C17H19N5O4. The number of aromatic nitrogens is 1. The van der Waals surface area contributed by atoms with Gasteiger partial charge in [-0.15, -0.1) is 0 Å². The highest BCUT2D eigenvalue weighted by Gasteiger charge is 2.17. The number of amides is 2. The Balaban J connectivity index is 1.97. The number of carbonyl (C=O) groups excluding carboxylic acids is 2. The van der Waals surface area contributed by atoms with Gasteiger partial charge in [0.25, 0.3) is 11.6 Å². The zero-order chi connectivity index (χ0) is 19.1. The molecule has 0 saturated heterocycles. The molecule has 0 atom stereocenters. The molecule has 0 aliphatic rings. The molecule has 9 heteroatoms. The van der Waals surface area contributed by atoms with Crippen LogP contribution in [-0.2, 0) is 4.79 Å². The van der Waals surface area contributed by atoms with Crippen molar-refractivity contribution in [3.05, 3.63) is 57.8 Å². The van der Waals surface area contributed by atoms with Crippen LogP contribution in [0.3, 0.4) is 0 Å². The van der Waals surface area contributed by atoms with Crippen molar-refractivity contribution >= 4 is 29.0 Å². The number of nitro groups is 1. The van der Waals surface area contributed by atoms with E-state index in [0.717, 1.165) is 5.69 Å². The summed E-state index contributed by atoms with van der Waals surface area (Å²) in [5, 5.41) is 19.1. The number of hydrogen-bond acceptors (Lipinski definition) is 6. The second-order valence-electron chi connectivity index (χ2n) is 5.46. The number of pyridine rings is 1. The highest BCUT2D eigenvalue weighted by molar-refractivity contribution is 5.95. The molecule has 0 aliphatic carbocycles. The number of nitrogens with one attached hydrogen (secondary N) is 3. The molecule has 3 N–H and O–H groups in total. The van der Waals surface area contributed by atoms with E-state index >= 15 is 0 Å². The number of rotatable bonds is 7. The van der Waals surface area contributed by atoms with Gasteiger partial charge in [0, 0.05) is 37.3 Å². The maximum atomic E-state index is 11.9. The van der Waals surface area contributed by atoms with Crippen LogP contribution in [0.25, 0.3) is 0 Å². The third kappa shape index (κ3) is 5.00. The van der Waals surface area contributed by atoms with Crippen molar-refractivity contribution < 1.29 is 14.5 Å². The fraction of sp³-hybridized carbons (Fsp3) is 0.235. The second kappa shape index (κ2) is 8.56. The minimum Gasteiger partial charge on any atom is -0.379 e. The van der Waals surface area contributed by atoms with E-state index in [2.05, 4.69) is 20.9 Å². The van der Waals surface area contributed by atoms with Crippen molar-refractivity contribution in [1.82, 2.24) is 10.3 Å². The predicted octanol–water partition coefficient (Wildman–Crippen LogP) is 2.10. The first-order valence-corrected chi connectivity index (χ1v) is 7.88. The molecule has 26 heavy (non-hydrogen) atoms. The smallest absolute Gasteiger partial charge is 0.293 e. The molecule has 2 amide bonds. The second-order valence-corrected chi connectivity index (χ2v) is 5.46. The summed E-state index contributed by atoms with van der Waals surface area (Å²) in [5.74, 6) is -0.221. The van der Waals surface area contributed by atoms with E-state index in [9.17, 15) is 19.7 Å². The van der Waals surface area contributed by atoms with Crippen LogP contribution in [-0.4, -0.2) is 35.3 Å². The minimum atomic E-state index is -0.578. The lowest BCUT2D eigenvalue weighted by molar-refractivity contribution is -0.384. The Kier molecular flexibility index (Phi) is 6.20. The third-order valence-corrected chi connectivity index (χ3v) is 3.51. The van der Waals surface area contributed by atoms with Crippen LogP contribution in [0.2, 0.25) is 0 Å². The molecule has 9 nitrogen and oxygen atoms in total. The van der Waals surface area contributed by atoms with Crippen molar-refractivity contribution in [2.75, 3.05) is 24.2 Å². The number of nitro benzene ring substituents is 1. The maximum absolute atomic E-state index is 11.9. The Bertz CT molecular complexity index is 838. The highest BCUT2D eigenvalue weighted by atomic mass is 16.6. The molecule has 0 radical (unpaired) electrons. The van der Waals surface area contributed by atoms with Crippen LogP contribution in [0.1, 0.15) is 22.5 Å². The summed E-state index contributed by atoms with van der Waals surface area (Å²) >= 11 is 0. The standard InChI is InChI=1S/C17H19N5O4/c1-11-4-3-5-15(20-11)21-16(23)8-9-19-13-7-6-12(17(24)18-2)10-14(13)22(25)26/h3-7,10,19H,8-9H2,1-2H3,(H,18,24)(H,20,21,23). The lowest BCUT2D eigenvalue weighted by Crippen LogP contribution is -2.19. The van der Waals surface area contributed by atoms with Gasteiger partial charge in [-0.2, -0.15) is 0 Å². The van der Waals surface area contributed by atoms with E-state index in [4.69, 9.17) is 0 Å². The van der Waals surface area contributed by atoms with Gasteiger partial charge < -0.3 is 16.0 Å². The number of hydrogen-bond donors (Lipinski definition) is 3. The number of aryl methyl sites for hydroxylation is 1. The van der Waals surface area contributed by atoms with Gasteiger partial charge in [0.05, 0.1) is 4.92 Å². The summed E-state index contributed by atoms with van der Waals surface area (Å²) in [6.45, 7) is 2.01. The van der Waals surface area contributed by atoms with E-state index in [-0.39, 0.29) is 35.8 Å². The molecule has 2 aromatic rings. The monoisotopic (exact) mass is 357 g/mol. The molecule has 136 valence electrons. The fourth-order valence-electron chi connectivity index (χ4n) is 2.25. The van der Waals surface area contributed by atoms with E-state index in [1.165, 1.54) is 25.2 Å². The molecular weight excluding hydrogens is 338 g/mol. The van der Waals surface area contributed by atoms with Crippen LogP contribution in [0.15, 0.2) is 36.4 Å². The van der Waals surface area contributed by atoms with E-state index in [1.807, 2.05) is 13.0 Å². The van der Waals surface area contributed by atoms with Gasteiger partial charge in [-0.1, -0.05) is 6.07 Å². The molecule has 0 aliphatic heterocycles. The van der Waals surface area contributed by atoms with E-state index in [0.29, 0.717) is 5.82 Å². The van der Waals surface area contributed by atoms with Gasteiger partial charge in [-0.25, -0.2) is 4.98 Å². The van der Waals surface area contributed by atoms with Gasteiger partial charge in [0.1, 0.15) is 11.5 Å². The van der Waals surface area contributed by atoms with Crippen LogP contribution in [0.5, 0.6) is 0 Å². The molecule has 0 bridgehead atoms. The first kappa shape index (κ1) is 18.8. The minimum absolute atomic E-state index is 0.101. The number of nitrogens with zero attached hydrogens (tertiary/aromatic N) is 2. The molecule has 0 fully saturated rings. The van der Waals surface area contributed by atoms with Crippen LogP contribution in [0, 0.1) is 17.0 Å². The van der Waals surface area contributed by atoms with Crippen molar-refractivity contribution in [2.45, 2.75) is 13.3 Å². The molecule has 0 saturated carbocycles. The predicted molar refractivity (Wildman–Crippen MR) is 97.2 cm³/mol. The van der Waals surface area contributed by atoms with Crippen molar-refractivity contribution in [3.8, 4) is 0 Å². The number of anilines is 2. The largest absolute Gasteiger partial charge is 0.379 e. The van der Waals surface area contributed by atoms with Gasteiger partial charge in [0.2, 0.25) is 5.91 Å². The molecule has 1 aromatic heterocycles. The molecule has 2 rings (SSSR count). The van der Waals surface area contributed by atoms with Crippen LogP contribution in [0.4, 0.5) is 17.2 Å². The average molecular weight is 357 g/mol. The summed E-state index contributed by atoms with van der Waals surface area (Å²) in [7, 11) is 1.45. The molecule has 0 spiro atoms. The third-order valence-electron chi connectivity index (χ3n) is 3.51. The maximum Gasteiger partial charge on any atom is 0.293 e. The first-order valence-electron chi connectivity index (χ1n) is 7.88. The quantitative estimate of drug-likeness (QED) is 0.514. The molecule has 0 unspecified atom stereocenters. The zero-order valence-corrected chi connectivity index (χ0v) is 14.4. The lowest BCUT2D eigenvalue weighted by Gasteiger charge is -2.09. The Labute approximate surface area is 150 Å². The SMILES string of the molecule is CNC(=O)c1ccc(NCCC(=O)Nc2cccc(C)n2)c([N+](=O)[O-])c1. The van der Waals surface area contributed by atoms with Crippen molar-refractivity contribution in [1.29, 1.82) is 0 Å². The fourth-order valence-corrected chi connectivity index (χ4v) is 2.25. The first-order chi connectivity index (χ1) is 12.4. The van der Waals surface area contributed by atoms with Gasteiger partial charge >= 0.3 is 0 Å². The van der Waals surface area contributed by atoms with E-state index in [1.54, 1.807) is 12.1 Å². The van der Waals surface area contributed by atoms with Gasteiger partial charge in [-0.05, 0) is 31.2 Å². The summed E-state index contributed by atoms with van der Waals surface area (Å²) in [4.78, 5) is 38.3. The molecule has 1 heterocycles.